The molecule has 0 unspecified atom stereocenters. The van der Waals surface area contributed by atoms with Crippen LogP contribution in [0.25, 0.3) is 0 Å². The van der Waals surface area contributed by atoms with Crippen molar-refractivity contribution in [2.45, 2.75) is 9.79 Å². The first-order valence-electron chi connectivity index (χ1n) is 4.96. The summed E-state index contributed by atoms with van der Waals surface area (Å²) >= 11 is 0. The number of hydrogen-bond acceptors (Lipinski definition) is 4. The highest BCUT2D eigenvalue weighted by molar-refractivity contribution is 7.91. The van der Waals surface area contributed by atoms with Crippen molar-refractivity contribution in [2.24, 2.45) is 0 Å². The lowest BCUT2D eigenvalue weighted by Gasteiger charge is -2.05. The minimum absolute atomic E-state index is 0. The Bertz CT molecular complexity index is 571. The minimum atomic E-state index is -3.48. The van der Waals surface area contributed by atoms with Crippen molar-refractivity contribution < 1.29 is 8.42 Å². The predicted octanol–water partition coefficient (Wildman–Crippen LogP) is 0.232. The molecule has 0 fully saturated rings. The fourth-order valence-corrected chi connectivity index (χ4v) is 2.69. The van der Waals surface area contributed by atoms with Crippen molar-refractivity contribution in [2.75, 3.05) is 11.5 Å². The Kier molecular flexibility index (Phi) is 4.15. The average molecular weight is 280 g/mol. The van der Waals surface area contributed by atoms with Crippen molar-refractivity contribution in [3.05, 3.63) is 48.5 Å². The van der Waals surface area contributed by atoms with Gasteiger partial charge in [-0.15, -0.1) is 0 Å². The molecule has 4 nitrogen and oxygen atoms in total. The van der Waals surface area contributed by atoms with Crippen LogP contribution in [0.1, 0.15) is 0 Å². The summed E-state index contributed by atoms with van der Waals surface area (Å²) in [4.78, 5) is 0.438. The van der Waals surface area contributed by atoms with E-state index in [0.717, 1.165) is 0 Å². The van der Waals surface area contributed by atoms with Crippen molar-refractivity contribution in [3.8, 4) is 0 Å². The van der Waals surface area contributed by atoms with E-state index in [1.54, 1.807) is 24.3 Å². The van der Waals surface area contributed by atoms with Gasteiger partial charge in [-0.3, -0.25) is 0 Å². The molecule has 0 aliphatic rings. The maximum Gasteiger partial charge on any atom is 0.206 e. The normalized spacial score (nSPS) is 10.7. The van der Waals surface area contributed by atoms with Gasteiger partial charge in [0.15, 0.2) is 0 Å². The number of hydrogen-bond donors (Lipinski definition) is 2. The summed E-state index contributed by atoms with van der Waals surface area (Å²) in [6.45, 7) is 0. The molecule has 0 radical (unpaired) electrons. The van der Waals surface area contributed by atoms with Crippen LogP contribution in [-0.2, 0) is 9.84 Å². The van der Waals surface area contributed by atoms with E-state index in [1.807, 2.05) is 0 Å². The van der Waals surface area contributed by atoms with Crippen LogP contribution in [0.4, 0.5) is 11.4 Å². The Morgan fingerprint density at radius 1 is 0.667 bits per heavy atom. The maximum atomic E-state index is 12.2. The third kappa shape index (κ3) is 2.72. The molecule has 0 bridgehead atoms. The minimum Gasteiger partial charge on any atom is -0.399 e. The number of nitrogen functional groups attached to an aromatic ring is 2. The molecule has 4 N–H and O–H groups in total. The predicted molar refractivity (Wildman–Crippen MR) is 78.5 cm³/mol. The number of benzene rings is 2. The summed E-state index contributed by atoms with van der Waals surface area (Å²) in [5.74, 6) is 0. The second-order valence-electron chi connectivity index (χ2n) is 3.64. The molecule has 6 heteroatoms. The lowest BCUT2D eigenvalue weighted by Crippen LogP contribution is -2.02. The monoisotopic (exact) mass is 280 g/mol. The van der Waals surface area contributed by atoms with Gasteiger partial charge in [0.05, 0.1) is 9.79 Å². The first kappa shape index (κ1) is 14.3. The number of rotatable bonds is 2. The Balaban J connectivity index is 0.00000162. The summed E-state index contributed by atoms with van der Waals surface area (Å²) in [5.41, 5.74) is 12.1. The fraction of sp³-hybridized carbons (Fsp3) is 0. The lowest BCUT2D eigenvalue weighted by atomic mass is 10.3. The molecular weight excluding hydrogens is 264 g/mol. The summed E-state index contributed by atoms with van der Waals surface area (Å²) in [6.07, 6.45) is 0. The van der Waals surface area contributed by atoms with Gasteiger partial charge in [0, 0.05) is 11.4 Å². The van der Waals surface area contributed by atoms with E-state index in [4.69, 9.17) is 11.5 Å². The molecule has 0 amide bonds. The molecule has 2 aromatic carbocycles. The van der Waals surface area contributed by atoms with Gasteiger partial charge in [-0.05, 0) is 59.5 Å². The van der Waals surface area contributed by atoms with Crippen LogP contribution in [-0.4, -0.2) is 19.4 Å². The summed E-state index contributed by atoms with van der Waals surface area (Å²) in [5, 5.41) is 0. The molecule has 0 spiro atoms. The molecule has 2 aromatic rings. The number of nitrogens with two attached hydrogens (primary N) is 2. The van der Waals surface area contributed by atoms with E-state index in [1.165, 1.54) is 24.3 Å². The van der Waals surface area contributed by atoms with Crippen LogP contribution in [0.3, 0.4) is 0 Å². The molecule has 2 rings (SSSR count). The first-order valence-corrected chi connectivity index (χ1v) is 6.44. The van der Waals surface area contributed by atoms with Crippen LogP contribution in [0.2, 0.25) is 0 Å². The quantitative estimate of drug-likeness (QED) is 0.609. The third-order valence-corrected chi connectivity index (χ3v) is 4.17. The van der Waals surface area contributed by atoms with Crippen molar-refractivity contribution >= 4 is 32.2 Å². The largest absolute Gasteiger partial charge is 0.399 e. The lowest BCUT2D eigenvalue weighted by molar-refractivity contribution is 0.596. The van der Waals surface area contributed by atoms with Crippen LogP contribution >= 0.6 is 0 Å². The molecular formula is C12H16N2O2SSi. The van der Waals surface area contributed by atoms with Crippen LogP contribution in [0.15, 0.2) is 58.3 Å². The second kappa shape index (κ2) is 5.24. The maximum absolute atomic E-state index is 12.2. The summed E-state index contributed by atoms with van der Waals surface area (Å²) in [7, 11) is -3.48. The van der Waals surface area contributed by atoms with E-state index in [0.29, 0.717) is 11.4 Å². The second-order valence-corrected chi connectivity index (χ2v) is 5.59. The zero-order valence-corrected chi connectivity index (χ0v) is 9.81. The Morgan fingerprint density at radius 2 is 0.944 bits per heavy atom. The standard InChI is InChI=1S/C12H12N2O2S.H4Si/c13-9-1-5-11(6-2-9)17(15,16)12-7-3-10(14)4-8-12;/h1-8H,13-14H2;1H4. The van der Waals surface area contributed by atoms with Crippen LogP contribution < -0.4 is 11.5 Å². The Labute approximate surface area is 111 Å². The fourth-order valence-electron chi connectivity index (χ4n) is 1.43. The molecule has 0 saturated heterocycles. The van der Waals surface area contributed by atoms with Gasteiger partial charge >= 0.3 is 0 Å². The van der Waals surface area contributed by atoms with E-state index in [2.05, 4.69) is 0 Å². The topological polar surface area (TPSA) is 86.2 Å². The SMILES string of the molecule is Nc1ccc(S(=O)(=O)c2ccc(N)cc2)cc1.[SiH4]. The van der Waals surface area contributed by atoms with E-state index in [-0.39, 0.29) is 20.8 Å². The van der Waals surface area contributed by atoms with Crippen molar-refractivity contribution in [3.63, 3.8) is 0 Å². The van der Waals surface area contributed by atoms with Gasteiger partial charge in [0.2, 0.25) is 9.84 Å². The third-order valence-electron chi connectivity index (χ3n) is 2.38. The molecule has 0 atom stereocenters. The van der Waals surface area contributed by atoms with Gasteiger partial charge in [-0.2, -0.15) is 0 Å². The van der Waals surface area contributed by atoms with Gasteiger partial charge in [-0.1, -0.05) is 0 Å². The Hall–Kier alpha value is -1.79. The van der Waals surface area contributed by atoms with E-state index < -0.39 is 9.84 Å². The van der Waals surface area contributed by atoms with Crippen LogP contribution in [0, 0.1) is 0 Å². The van der Waals surface area contributed by atoms with Gasteiger partial charge < -0.3 is 11.5 Å². The molecule has 0 aliphatic heterocycles. The molecule has 0 heterocycles. The molecule has 96 valence electrons. The highest BCUT2D eigenvalue weighted by Gasteiger charge is 2.16. The molecule has 18 heavy (non-hydrogen) atoms. The van der Waals surface area contributed by atoms with Gasteiger partial charge in [0.25, 0.3) is 0 Å². The smallest absolute Gasteiger partial charge is 0.206 e. The highest BCUT2D eigenvalue weighted by atomic mass is 32.2. The summed E-state index contributed by atoms with van der Waals surface area (Å²) in [6, 6.07) is 12.2. The average Bonchev–Trinajstić information content (AvgIpc) is 2.30. The van der Waals surface area contributed by atoms with Crippen LogP contribution in [0.5, 0.6) is 0 Å². The zero-order valence-electron chi connectivity index (χ0n) is 9.00. The molecule has 0 saturated carbocycles. The highest BCUT2D eigenvalue weighted by Crippen LogP contribution is 2.22. The first-order chi connectivity index (χ1) is 8.00. The number of sulfone groups is 1. The van der Waals surface area contributed by atoms with Gasteiger partial charge in [0.1, 0.15) is 0 Å². The Morgan fingerprint density at radius 3 is 1.22 bits per heavy atom. The van der Waals surface area contributed by atoms with Crippen molar-refractivity contribution in [1.82, 2.24) is 0 Å². The molecule has 0 aliphatic carbocycles. The summed E-state index contributed by atoms with van der Waals surface area (Å²) < 4.78 is 24.3. The van der Waals surface area contributed by atoms with E-state index in [9.17, 15) is 8.42 Å². The number of anilines is 2. The van der Waals surface area contributed by atoms with E-state index >= 15 is 0 Å². The zero-order chi connectivity index (χ0) is 12.5. The van der Waals surface area contributed by atoms with Gasteiger partial charge in [-0.25, -0.2) is 8.42 Å². The van der Waals surface area contributed by atoms with Crippen molar-refractivity contribution in [1.29, 1.82) is 0 Å². The molecule has 0 aromatic heterocycles.